The Morgan fingerprint density at radius 1 is 1.38 bits per heavy atom. The lowest BCUT2D eigenvalue weighted by Crippen LogP contribution is -2.35. The lowest BCUT2D eigenvalue weighted by Gasteiger charge is -2.04. The predicted octanol–water partition coefficient (Wildman–Crippen LogP) is 1.15. The van der Waals surface area contributed by atoms with E-state index in [4.69, 9.17) is 11.6 Å². The normalized spacial score (nSPS) is 10.7. The Kier molecular flexibility index (Phi) is 3.07. The van der Waals surface area contributed by atoms with Crippen LogP contribution < -0.4 is 9.67 Å². The molecular formula is C10H10ClN3OS. The molecule has 0 aliphatic heterocycles. The van der Waals surface area contributed by atoms with E-state index in [1.54, 1.807) is 40.6 Å². The molecule has 0 bridgehead atoms. The van der Waals surface area contributed by atoms with E-state index in [1.165, 1.54) is 11.8 Å². The number of hydrogen-bond acceptors (Lipinski definition) is 3. The van der Waals surface area contributed by atoms with Crippen LogP contribution in [0.2, 0.25) is 5.02 Å². The molecule has 0 aliphatic carbocycles. The van der Waals surface area contributed by atoms with E-state index in [9.17, 15) is 5.11 Å². The molecule has 1 heterocycles. The van der Waals surface area contributed by atoms with E-state index in [2.05, 4.69) is 5.10 Å². The molecule has 2 rings (SSSR count). The highest BCUT2D eigenvalue weighted by molar-refractivity contribution is 7.98. The number of thioether (sulfide) groups is 1. The molecule has 0 amide bonds. The summed E-state index contributed by atoms with van der Waals surface area (Å²) in [5, 5.41) is 17.0. The number of hydrogen-bond donors (Lipinski definition) is 0. The summed E-state index contributed by atoms with van der Waals surface area (Å²) in [6, 6.07) is 6.81. The van der Waals surface area contributed by atoms with Crippen molar-refractivity contribution in [1.82, 2.24) is 9.78 Å². The minimum absolute atomic E-state index is 0.283. The molecule has 6 heteroatoms. The van der Waals surface area contributed by atoms with Gasteiger partial charge in [0, 0.05) is 10.1 Å². The van der Waals surface area contributed by atoms with E-state index < -0.39 is 0 Å². The Balaban J connectivity index is 2.59. The van der Waals surface area contributed by atoms with Crippen LogP contribution in [0.1, 0.15) is 0 Å². The number of halogens is 1. The van der Waals surface area contributed by atoms with Crippen LogP contribution >= 0.6 is 23.4 Å². The molecule has 0 N–H and O–H groups in total. The van der Waals surface area contributed by atoms with Gasteiger partial charge in [-0.25, -0.2) is 0 Å². The Bertz CT molecular complexity index is 510. The average Bonchev–Trinajstić information content (AvgIpc) is 2.54. The lowest BCUT2D eigenvalue weighted by molar-refractivity contribution is -0.684. The minimum atomic E-state index is -0.283. The van der Waals surface area contributed by atoms with Crippen molar-refractivity contribution in [2.45, 2.75) is 5.16 Å². The maximum absolute atomic E-state index is 11.7. The predicted molar refractivity (Wildman–Crippen MR) is 61.0 cm³/mol. The number of aryl methyl sites for hydroxylation is 1. The maximum Gasteiger partial charge on any atom is 0.300 e. The van der Waals surface area contributed by atoms with Gasteiger partial charge in [-0.05, 0) is 30.5 Å². The average molecular weight is 256 g/mol. The van der Waals surface area contributed by atoms with Gasteiger partial charge >= 0.3 is 0 Å². The number of aromatic nitrogens is 3. The lowest BCUT2D eigenvalue weighted by atomic mass is 10.3. The van der Waals surface area contributed by atoms with Gasteiger partial charge in [0.2, 0.25) is 0 Å². The van der Waals surface area contributed by atoms with Gasteiger partial charge in [-0.2, -0.15) is 4.57 Å². The first-order chi connectivity index (χ1) is 7.63. The summed E-state index contributed by atoms with van der Waals surface area (Å²) in [6.45, 7) is 0. The fraction of sp³-hybridized carbons (Fsp3) is 0.200. The largest absolute Gasteiger partial charge is 0.817 e. The Morgan fingerprint density at radius 2 is 2.00 bits per heavy atom. The highest BCUT2D eigenvalue weighted by Crippen LogP contribution is 2.16. The van der Waals surface area contributed by atoms with Crippen molar-refractivity contribution < 1.29 is 9.67 Å². The fourth-order valence-corrected chi connectivity index (χ4v) is 2.27. The van der Waals surface area contributed by atoms with Crippen LogP contribution in [0.5, 0.6) is 6.01 Å². The van der Waals surface area contributed by atoms with Crippen molar-refractivity contribution in [1.29, 1.82) is 0 Å². The molecule has 0 aliphatic rings. The fourth-order valence-electron chi connectivity index (χ4n) is 1.48. The summed E-state index contributed by atoms with van der Waals surface area (Å²) in [5.74, 6) is 0. The van der Waals surface area contributed by atoms with Gasteiger partial charge in [0.15, 0.2) is 0 Å². The third kappa shape index (κ3) is 1.88. The third-order valence-corrected chi connectivity index (χ3v) is 3.23. The van der Waals surface area contributed by atoms with Gasteiger partial charge in [-0.3, -0.25) is 0 Å². The third-order valence-electron chi connectivity index (χ3n) is 2.16. The van der Waals surface area contributed by atoms with E-state index in [1.807, 2.05) is 6.26 Å². The van der Waals surface area contributed by atoms with Gasteiger partial charge in [0.1, 0.15) is 5.69 Å². The molecule has 0 unspecified atom stereocenters. The highest BCUT2D eigenvalue weighted by Gasteiger charge is 2.18. The van der Waals surface area contributed by atoms with Gasteiger partial charge in [-0.15, -0.1) is 4.68 Å². The minimum Gasteiger partial charge on any atom is -0.817 e. The molecule has 4 nitrogen and oxygen atoms in total. The standard InChI is InChI=1S/C10H10ClN3OS/c1-13-10(16-2)14(9(15)12-13)8-5-3-7(11)4-6-8/h3-6H,1-2H3. The van der Waals surface area contributed by atoms with E-state index in [0.29, 0.717) is 5.02 Å². The zero-order valence-corrected chi connectivity index (χ0v) is 10.4. The van der Waals surface area contributed by atoms with Gasteiger partial charge in [-0.1, -0.05) is 23.4 Å². The van der Waals surface area contributed by atoms with Gasteiger partial charge < -0.3 is 5.11 Å². The van der Waals surface area contributed by atoms with E-state index >= 15 is 0 Å². The molecular weight excluding hydrogens is 246 g/mol. The molecule has 0 radical (unpaired) electrons. The first-order valence-electron chi connectivity index (χ1n) is 4.59. The van der Waals surface area contributed by atoms with Crippen molar-refractivity contribution in [3.05, 3.63) is 29.3 Å². The Labute approximate surface area is 102 Å². The monoisotopic (exact) mass is 255 g/mol. The SMILES string of the molecule is CSc1n(C)nc([O-])[n+]1-c1ccc(Cl)cc1. The molecule has 0 saturated heterocycles. The van der Waals surface area contributed by atoms with E-state index in [0.717, 1.165) is 10.8 Å². The van der Waals surface area contributed by atoms with Crippen molar-refractivity contribution in [3.8, 4) is 11.7 Å². The van der Waals surface area contributed by atoms with E-state index in [-0.39, 0.29) is 6.01 Å². The van der Waals surface area contributed by atoms with Crippen LogP contribution in [0.15, 0.2) is 29.4 Å². The molecule has 0 saturated carbocycles. The number of benzene rings is 1. The zero-order valence-electron chi connectivity index (χ0n) is 8.85. The van der Waals surface area contributed by atoms with Crippen LogP contribution in [0.4, 0.5) is 0 Å². The van der Waals surface area contributed by atoms with Crippen LogP contribution in [0.3, 0.4) is 0 Å². The van der Waals surface area contributed by atoms with Gasteiger partial charge in [0.25, 0.3) is 11.2 Å². The van der Waals surface area contributed by atoms with Crippen LogP contribution in [0.25, 0.3) is 5.69 Å². The van der Waals surface area contributed by atoms with Crippen molar-refractivity contribution >= 4 is 23.4 Å². The van der Waals surface area contributed by atoms with Crippen LogP contribution in [-0.4, -0.2) is 16.0 Å². The molecule has 0 atom stereocenters. The van der Waals surface area contributed by atoms with Gasteiger partial charge in [0.05, 0.1) is 7.05 Å². The second-order valence-corrected chi connectivity index (χ2v) is 4.41. The van der Waals surface area contributed by atoms with Crippen molar-refractivity contribution in [3.63, 3.8) is 0 Å². The first-order valence-corrected chi connectivity index (χ1v) is 6.19. The zero-order chi connectivity index (χ0) is 11.7. The smallest absolute Gasteiger partial charge is 0.300 e. The summed E-state index contributed by atoms with van der Waals surface area (Å²) in [4.78, 5) is 0. The van der Waals surface area contributed by atoms with Crippen molar-refractivity contribution in [2.24, 2.45) is 7.05 Å². The van der Waals surface area contributed by atoms with Crippen molar-refractivity contribution in [2.75, 3.05) is 6.26 Å². The first kappa shape index (κ1) is 11.3. The van der Waals surface area contributed by atoms with Crippen LogP contribution in [0, 0.1) is 0 Å². The number of nitrogens with zero attached hydrogens (tertiary/aromatic N) is 3. The second kappa shape index (κ2) is 4.35. The molecule has 2 aromatic rings. The quantitative estimate of drug-likeness (QED) is 0.597. The summed E-state index contributed by atoms with van der Waals surface area (Å²) < 4.78 is 3.13. The summed E-state index contributed by atoms with van der Waals surface area (Å²) >= 11 is 7.28. The Morgan fingerprint density at radius 3 is 2.56 bits per heavy atom. The maximum atomic E-state index is 11.7. The molecule has 16 heavy (non-hydrogen) atoms. The molecule has 84 valence electrons. The molecule has 0 spiro atoms. The van der Waals surface area contributed by atoms with Crippen LogP contribution in [-0.2, 0) is 7.05 Å². The molecule has 1 aromatic carbocycles. The Hall–Kier alpha value is -1.20. The summed E-state index contributed by atoms with van der Waals surface area (Å²) in [6.07, 6.45) is 1.91. The second-order valence-electron chi connectivity index (χ2n) is 3.20. The molecule has 1 aromatic heterocycles. The number of rotatable bonds is 2. The molecule has 0 fully saturated rings. The highest BCUT2D eigenvalue weighted by atomic mass is 35.5. The summed E-state index contributed by atoms with van der Waals surface area (Å²) in [7, 11) is 1.75. The topological polar surface area (TPSA) is 44.8 Å². The summed E-state index contributed by atoms with van der Waals surface area (Å²) in [5.41, 5.74) is 0.770.